The van der Waals surface area contributed by atoms with E-state index in [1.165, 1.54) is 0 Å². The van der Waals surface area contributed by atoms with E-state index in [9.17, 15) is 14.4 Å². The zero-order chi connectivity index (χ0) is 13.7. The van der Waals surface area contributed by atoms with E-state index in [0.29, 0.717) is 0 Å². The van der Waals surface area contributed by atoms with Gasteiger partial charge in [-0.3, -0.25) is 19.9 Å². The smallest absolute Gasteiger partial charge is 0.397 e. The number of thioether (sulfide) groups is 1. The predicted molar refractivity (Wildman–Crippen MR) is 66.3 cm³/mol. The summed E-state index contributed by atoms with van der Waals surface area (Å²) in [5.41, 5.74) is 4.58. The number of nitrogens with two attached hydrogens (primary N) is 1. The Morgan fingerprint density at radius 3 is 2.78 bits per heavy atom. The van der Waals surface area contributed by atoms with Gasteiger partial charge in [-0.2, -0.15) is 0 Å². The third-order valence-electron chi connectivity index (χ3n) is 1.82. The quantitative estimate of drug-likeness (QED) is 0.295. The molecular weight excluding hydrogens is 260 g/mol. The molecule has 0 saturated heterocycles. The maximum absolute atomic E-state index is 11.4. The van der Waals surface area contributed by atoms with E-state index in [1.54, 1.807) is 13.2 Å². The Morgan fingerprint density at radius 1 is 1.56 bits per heavy atom. The van der Waals surface area contributed by atoms with Crippen molar-refractivity contribution < 1.29 is 14.3 Å². The zero-order valence-corrected chi connectivity index (χ0v) is 10.6. The lowest BCUT2D eigenvalue weighted by Crippen LogP contribution is -2.28. The molecule has 9 heteroatoms. The van der Waals surface area contributed by atoms with Gasteiger partial charge in [-0.15, -0.1) is 0 Å². The molecule has 0 aromatic carbocycles. The summed E-state index contributed by atoms with van der Waals surface area (Å²) in [7, 11) is 0. The van der Waals surface area contributed by atoms with E-state index in [0.717, 1.165) is 11.8 Å². The van der Waals surface area contributed by atoms with Crippen LogP contribution in [0.1, 0.15) is 6.92 Å². The first kappa shape index (κ1) is 14.0. The van der Waals surface area contributed by atoms with E-state index >= 15 is 0 Å². The second-order valence-electron chi connectivity index (χ2n) is 3.01. The minimum Gasteiger partial charge on any atom is -0.459 e. The van der Waals surface area contributed by atoms with Crippen molar-refractivity contribution in [3.05, 3.63) is 10.4 Å². The Balaban J connectivity index is 2.97. The third-order valence-corrected chi connectivity index (χ3v) is 2.40. The second kappa shape index (κ2) is 6.05. The highest BCUT2D eigenvalue weighted by molar-refractivity contribution is 7.98. The zero-order valence-electron chi connectivity index (χ0n) is 9.77. The highest BCUT2D eigenvalue weighted by atomic mass is 32.2. The van der Waals surface area contributed by atoms with E-state index in [4.69, 9.17) is 5.73 Å². The van der Waals surface area contributed by atoms with Crippen LogP contribution in [-0.2, 0) is 14.3 Å². The molecule has 0 aliphatic rings. The lowest BCUT2D eigenvalue weighted by Gasteiger charge is -2.07. The molecule has 18 heavy (non-hydrogen) atoms. The number of anilines is 2. The van der Waals surface area contributed by atoms with Gasteiger partial charge >= 0.3 is 11.9 Å². The topological polar surface area (TPSA) is 127 Å². The van der Waals surface area contributed by atoms with Crippen molar-refractivity contribution in [2.24, 2.45) is 0 Å². The monoisotopic (exact) mass is 272 g/mol. The molecule has 0 aliphatic carbocycles. The Kier molecular flexibility index (Phi) is 4.72. The fraction of sp³-hybridized carbons (Fsp3) is 0.333. The number of nitrogen functional groups attached to an aromatic ring is 1. The molecule has 0 atom stereocenters. The van der Waals surface area contributed by atoms with Gasteiger partial charge in [-0.05, 0) is 13.2 Å². The summed E-state index contributed by atoms with van der Waals surface area (Å²) >= 11 is 1.16. The van der Waals surface area contributed by atoms with Crippen LogP contribution in [0.4, 0.5) is 11.5 Å². The van der Waals surface area contributed by atoms with Gasteiger partial charge in [-0.25, -0.2) is 9.78 Å². The summed E-state index contributed by atoms with van der Waals surface area (Å²) in [6.07, 6.45) is 1.69. The first-order valence-electron chi connectivity index (χ1n) is 4.91. The molecule has 4 N–H and O–H groups in total. The Bertz CT molecular complexity index is 528. The molecule has 0 radical (unpaired) electrons. The molecule has 1 amide bonds. The molecule has 0 fully saturated rings. The van der Waals surface area contributed by atoms with E-state index < -0.39 is 17.4 Å². The molecule has 0 aliphatic heterocycles. The number of carbonyl (C=O) groups excluding carboxylic acids is 2. The van der Waals surface area contributed by atoms with Crippen LogP contribution in [0.15, 0.2) is 9.95 Å². The van der Waals surface area contributed by atoms with Gasteiger partial charge in [0.1, 0.15) is 5.69 Å². The van der Waals surface area contributed by atoms with Crippen molar-refractivity contribution in [1.29, 1.82) is 0 Å². The number of ether oxygens (including phenoxy) is 1. The fourth-order valence-corrected chi connectivity index (χ4v) is 1.39. The number of nitrogens with zero attached hydrogens (tertiary/aromatic N) is 1. The normalized spacial score (nSPS) is 9.89. The Labute approximate surface area is 106 Å². The molecular formula is C9H12N4O4S. The number of rotatable bonds is 3. The number of aromatic amines is 1. The molecule has 1 aromatic heterocycles. The summed E-state index contributed by atoms with van der Waals surface area (Å²) < 4.78 is 4.49. The number of carbonyl (C=O) groups is 2. The van der Waals surface area contributed by atoms with Crippen LogP contribution >= 0.6 is 11.8 Å². The largest absolute Gasteiger partial charge is 0.459 e. The van der Waals surface area contributed by atoms with Gasteiger partial charge in [0, 0.05) is 0 Å². The maximum Gasteiger partial charge on any atom is 0.397 e. The number of nitrogens with one attached hydrogen (secondary N) is 2. The molecule has 98 valence electrons. The number of hydrogen-bond donors (Lipinski definition) is 3. The minimum atomic E-state index is -1.07. The van der Waals surface area contributed by atoms with Crippen LogP contribution in [0.2, 0.25) is 0 Å². The SMILES string of the molecule is CCOC(=O)C(=O)Nc1nc(SC)[nH]c(=O)c1N. The van der Waals surface area contributed by atoms with Gasteiger partial charge in [-0.1, -0.05) is 11.8 Å². The van der Waals surface area contributed by atoms with Gasteiger partial charge in [0.25, 0.3) is 5.56 Å². The molecule has 0 unspecified atom stereocenters. The van der Waals surface area contributed by atoms with Crippen LogP contribution in [0.5, 0.6) is 0 Å². The van der Waals surface area contributed by atoms with Crippen LogP contribution in [0.3, 0.4) is 0 Å². The lowest BCUT2D eigenvalue weighted by atomic mass is 10.4. The van der Waals surface area contributed by atoms with Gasteiger partial charge in [0.15, 0.2) is 11.0 Å². The summed E-state index contributed by atoms with van der Waals surface area (Å²) in [5, 5.41) is 2.40. The predicted octanol–water partition coefficient (Wildman–Crippen LogP) is -0.424. The second-order valence-corrected chi connectivity index (χ2v) is 3.81. The van der Waals surface area contributed by atoms with Crippen molar-refractivity contribution >= 4 is 35.1 Å². The summed E-state index contributed by atoms with van der Waals surface area (Å²) in [6, 6.07) is 0. The first-order chi connectivity index (χ1) is 8.49. The van der Waals surface area contributed by atoms with Crippen LogP contribution < -0.4 is 16.6 Å². The van der Waals surface area contributed by atoms with Gasteiger partial charge in [0.2, 0.25) is 0 Å². The Morgan fingerprint density at radius 2 is 2.22 bits per heavy atom. The molecule has 0 bridgehead atoms. The third kappa shape index (κ3) is 3.23. The first-order valence-corrected chi connectivity index (χ1v) is 6.14. The van der Waals surface area contributed by atoms with Crippen molar-refractivity contribution in [2.45, 2.75) is 12.1 Å². The number of amides is 1. The van der Waals surface area contributed by atoms with Crippen molar-refractivity contribution in [3.8, 4) is 0 Å². The van der Waals surface area contributed by atoms with Crippen LogP contribution in [0, 0.1) is 0 Å². The molecule has 0 spiro atoms. The highest BCUT2D eigenvalue weighted by Gasteiger charge is 2.18. The molecule has 8 nitrogen and oxygen atoms in total. The average Bonchev–Trinajstić information content (AvgIpc) is 2.34. The van der Waals surface area contributed by atoms with Crippen molar-refractivity contribution in [2.75, 3.05) is 23.9 Å². The standard InChI is InChI=1S/C9H12N4O4S/c1-3-17-8(16)7(15)11-5-4(10)6(14)13-9(12-5)18-2/h3,10H2,1-2H3,(H2,11,12,13,14,15). The number of aromatic nitrogens is 2. The number of H-pyrrole nitrogens is 1. The Hall–Kier alpha value is -2.03. The van der Waals surface area contributed by atoms with Crippen LogP contribution in [-0.4, -0.2) is 34.7 Å². The van der Waals surface area contributed by atoms with Crippen molar-refractivity contribution in [3.63, 3.8) is 0 Å². The fourth-order valence-electron chi connectivity index (χ4n) is 1.01. The maximum atomic E-state index is 11.4. The summed E-state index contributed by atoms with van der Waals surface area (Å²) in [6.45, 7) is 1.64. The van der Waals surface area contributed by atoms with E-state index in [-0.39, 0.29) is 23.3 Å². The molecule has 1 rings (SSSR count). The van der Waals surface area contributed by atoms with Gasteiger partial charge in [0.05, 0.1) is 6.61 Å². The van der Waals surface area contributed by atoms with Gasteiger partial charge < -0.3 is 10.5 Å². The lowest BCUT2D eigenvalue weighted by molar-refractivity contribution is -0.152. The summed E-state index contributed by atoms with van der Waals surface area (Å²) in [4.78, 5) is 40.1. The number of esters is 1. The summed E-state index contributed by atoms with van der Waals surface area (Å²) in [5.74, 6) is -2.26. The highest BCUT2D eigenvalue weighted by Crippen LogP contribution is 2.14. The number of hydrogen-bond acceptors (Lipinski definition) is 7. The average molecular weight is 272 g/mol. The van der Waals surface area contributed by atoms with Crippen LogP contribution in [0.25, 0.3) is 0 Å². The van der Waals surface area contributed by atoms with E-state index in [2.05, 4.69) is 20.0 Å². The van der Waals surface area contributed by atoms with Crippen molar-refractivity contribution in [1.82, 2.24) is 9.97 Å². The molecule has 0 saturated carbocycles. The van der Waals surface area contributed by atoms with E-state index in [1.807, 2.05) is 0 Å². The molecule has 1 aromatic rings. The molecule has 1 heterocycles. The minimum absolute atomic E-state index is 0.0700.